The highest BCUT2D eigenvalue weighted by Crippen LogP contribution is 2.22. The van der Waals surface area contributed by atoms with Crippen molar-refractivity contribution < 1.29 is 14.3 Å². The third-order valence-corrected chi connectivity index (χ3v) is 5.24. The van der Waals surface area contributed by atoms with Gasteiger partial charge in [0.05, 0.1) is 18.2 Å². The molecule has 0 spiro atoms. The highest BCUT2D eigenvalue weighted by atomic mass is 16.5. The normalized spacial score (nSPS) is 11.3. The van der Waals surface area contributed by atoms with Crippen LogP contribution in [0.15, 0.2) is 91.0 Å². The largest absolute Gasteiger partial charge is 0.447 e. The lowest BCUT2D eigenvalue weighted by Crippen LogP contribution is -2.40. The maximum absolute atomic E-state index is 13.1. The summed E-state index contributed by atoms with van der Waals surface area (Å²) in [6.45, 7) is 1.68. The first-order valence-electron chi connectivity index (χ1n) is 11.1. The number of nitriles is 1. The van der Waals surface area contributed by atoms with Gasteiger partial charge in [-0.2, -0.15) is 5.26 Å². The molecule has 4 aromatic rings. The van der Waals surface area contributed by atoms with E-state index in [1.807, 2.05) is 72.8 Å². The van der Waals surface area contributed by atoms with Gasteiger partial charge in [-0.3, -0.25) is 4.79 Å². The van der Waals surface area contributed by atoms with Crippen LogP contribution < -0.4 is 4.90 Å². The minimum atomic E-state index is -1.11. The molecule has 1 amide bonds. The molecule has 0 bridgehead atoms. The van der Waals surface area contributed by atoms with Crippen molar-refractivity contribution in [1.82, 2.24) is 14.8 Å². The van der Waals surface area contributed by atoms with E-state index in [0.717, 1.165) is 11.3 Å². The number of aromatic nitrogens is 3. The summed E-state index contributed by atoms with van der Waals surface area (Å²) in [5, 5.41) is 13.4. The molecule has 0 aliphatic rings. The molecular weight excluding hydrogens is 442 g/mol. The van der Waals surface area contributed by atoms with Crippen molar-refractivity contribution in [3.63, 3.8) is 0 Å². The summed E-state index contributed by atoms with van der Waals surface area (Å²) in [7, 11) is 0. The monoisotopic (exact) mass is 465 g/mol. The number of hydrogen-bond acceptors (Lipinski definition) is 6. The number of para-hydroxylation sites is 2. The summed E-state index contributed by atoms with van der Waals surface area (Å²) in [6.07, 6.45) is -0.963. The summed E-state index contributed by atoms with van der Waals surface area (Å²) < 4.78 is 7.04. The van der Waals surface area contributed by atoms with Gasteiger partial charge in [-0.15, -0.1) is 5.10 Å². The van der Waals surface area contributed by atoms with Gasteiger partial charge in [0.25, 0.3) is 11.7 Å². The molecule has 1 atom stereocenters. The molecule has 1 aromatic heterocycles. The molecule has 0 radical (unpaired) electrons. The zero-order valence-electron chi connectivity index (χ0n) is 19.1. The fourth-order valence-electron chi connectivity index (χ4n) is 3.54. The van der Waals surface area contributed by atoms with Gasteiger partial charge in [-0.1, -0.05) is 66.7 Å². The van der Waals surface area contributed by atoms with E-state index in [1.165, 1.54) is 11.8 Å². The molecule has 0 fully saturated rings. The molecule has 35 heavy (non-hydrogen) atoms. The van der Waals surface area contributed by atoms with Gasteiger partial charge in [-0.05, 0) is 31.2 Å². The number of benzene rings is 3. The van der Waals surface area contributed by atoms with Gasteiger partial charge in [0.15, 0.2) is 11.9 Å². The highest BCUT2D eigenvalue weighted by molar-refractivity contribution is 5.98. The van der Waals surface area contributed by atoms with E-state index in [-0.39, 0.29) is 18.8 Å². The van der Waals surface area contributed by atoms with Crippen LogP contribution in [0.25, 0.3) is 17.1 Å². The summed E-state index contributed by atoms with van der Waals surface area (Å²) in [4.78, 5) is 32.0. The van der Waals surface area contributed by atoms with Crippen LogP contribution in [0.5, 0.6) is 0 Å². The Kier molecular flexibility index (Phi) is 7.28. The second-order valence-corrected chi connectivity index (χ2v) is 7.65. The molecule has 0 aliphatic carbocycles. The fraction of sp³-hybridized carbons (Fsp3) is 0.148. The van der Waals surface area contributed by atoms with E-state index in [4.69, 9.17) is 10.00 Å². The Morgan fingerprint density at radius 2 is 1.57 bits per heavy atom. The number of carbonyl (C=O) groups excluding carboxylic acids is 2. The maximum atomic E-state index is 13.1. The predicted molar refractivity (Wildman–Crippen MR) is 131 cm³/mol. The minimum absolute atomic E-state index is 0.144. The third-order valence-electron chi connectivity index (χ3n) is 5.24. The van der Waals surface area contributed by atoms with E-state index in [0.29, 0.717) is 11.5 Å². The van der Waals surface area contributed by atoms with Crippen LogP contribution in [0.3, 0.4) is 0 Å². The average molecular weight is 466 g/mol. The first kappa shape index (κ1) is 23.4. The van der Waals surface area contributed by atoms with E-state index in [1.54, 1.807) is 28.9 Å². The number of nitrogens with zero attached hydrogens (tertiary/aromatic N) is 5. The average Bonchev–Trinajstić information content (AvgIpc) is 3.36. The number of carbonyl (C=O) groups is 2. The molecule has 8 heteroatoms. The maximum Gasteiger partial charge on any atom is 0.379 e. The van der Waals surface area contributed by atoms with E-state index < -0.39 is 18.0 Å². The van der Waals surface area contributed by atoms with Gasteiger partial charge in [0, 0.05) is 17.8 Å². The van der Waals surface area contributed by atoms with Crippen LogP contribution >= 0.6 is 0 Å². The predicted octanol–water partition coefficient (Wildman–Crippen LogP) is 4.43. The van der Waals surface area contributed by atoms with Crippen LogP contribution in [0.1, 0.15) is 24.0 Å². The quantitative estimate of drug-likeness (QED) is 0.357. The molecule has 8 nitrogen and oxygen atoms in total. The first-order chi connectivity index (χ1) is 17.1. The van der Waals surface area contributed by atoms with Crippen LogP contribution in [-0.2, 0) is 9.53 Å². The first-order valence-corrected chi connectivity index (χ1v) is 11.1. The Bertz CT molecular complexity index is 1270. The van der Waals surface area contributed by atoms with Gasteiger partial charge in [0.2, 0.25) is 0 Å². The SMILES string of the molecule is CC(OC(=O)c1nc(-c2ccccc2)n(-c2ccccc2)n1)C(=O)N(CCC#N)c1ccccc1. The number of anilines is 1. The Morgan fingerprint density at radius 1 is 0.971 bits per heavy atom. The molecular formula is C27H23N5O3. The summed E-state index contributed by atoms with van der Waals surface area (Å²) >= 11 is 0. The van der Waals surface area contributed by atoms with Crippen molar-refractivity contribution in [3.05, 3.63) is 96.8 Å². The van der Waals surface area contributed by atoms with Crippen molar-refractivity contribution in [2.45, 2.75) is 19.4 Å². The number of rotatable bonds is 8. The Labute approximate surface area is 203 Å². The van der Waals surface area contributed by atoms with Crippen molar-refractivity contribution in [3.8, 4) is 23.1 Å². The number of ether oxygens (including phenoxy) is 1. The molecule has 0 saturated heterocycles. The van der Waals surface area contributed by atoms with Crippen molar-refractivity contribution in [2.24, 2.45) is 0 Å². The second kappa shape index (κ2) is 10.9. The Hall–Kier alpha value is -4.77. The lowest BCUT2D eigenvalue weighted by molar-refractivity contribution is -0.126. The topological polar surface area (TPSA) is 101 Å². The van der Waals surface area contributed by atoms with E-state index in [9.17, 15) is 9.59 Å². The van der Waals surface area contributed by atoms with Crippen molar-refractivity contribution >= 4 is 17.6 Å². The Morgan fingerprint density at radius 3 is 2.20 bits per heavy atom. The zero-order valence-corrected chi connectivity index (χ0v) is 19.1. The molecule has 0 saturated carbocycles. The molecule has 1 heterocycles. The second-order valence-electron chi connectivity index (χ2n) is 7.65. The number of esters is 1. The zero-order chi connectivity index (χ0) is 24.6. The van der Waals surface area contributed by atoms with Crippen molar-refractivity contribution in [1.29, 1.82) is 5.26 Å². The summed E-state index contributed by atoms with van der Waals surface area (Å²) in [5.41, 5.74) is 2.13. The smallest absolute Gasteiger partial charge is 0.379 e. The molecule has 174 valence electrons. The lowest BCUT2D eigenvalue weighted by atomic mass is 10.2. The van der Waals surface area contributed by atoms with Crippen LogP contribution in [0, 0.1) is 11.3 Å². The number of hydrogen-bond donors (Lipinski definition) is 0. The molecule has 3 aromatic carbocycles. The van der Waals surface area contributed by atoms with Crippen LogP contribution in [0.2, 0.25) is 0 Å². The van der Waals surface area contributed by atoms with Gasteiger partial charge < -0.3 is 9.64 Å². The number of amides is 1. The van der Waals surface area contributed by atoms with Crippen LogP contribution in [0.4, 0.5) is 5.69 Å². The Balaban J connectivity index is 1.59. The third kappa shape index (κ3) is 5.42. The van der Waals surface area contributed by atoms with Crippen LogP contribution in [-0.4, -0.2) is 39.3 Å². The standard InChI is InChI=1S/C27H23N5O3/c1-20(26(33)31(19-11-18-28)22-14-7-3-8-15-22)35-27(34)24-29-25(21-12-5-2-6-13-21)32(30-24)23-16-9-4-10-17-23/h2-10,12-17,20H,11,19H2,1H3. The van der Waals surface area contributed by atoms with Gasteiger partial charge in [-0.25, -0.2) is 14.5 Å². The molecule has 4 rings (SSSR count). The van der Waals surface area contributed by atoms with E-state index >= 15 is 0 Å². The highest BCUT2D eigenvalue weighted by Gasteiger charge is 2.28. The van der Waals surface area contributed by atoms with E-state index in [2.05, 4.69) is 10.1 Å². The molecule has 1 unspecified atom stereocenters. The lowest BCUT2D eigenvalue weighted by Gasteiger charge is -2.24. The van der Waals surface area contributed by atoms with Gasteiger partial charge >= 0.3 is 5.97 Å². The summed E-state index contributed by atoms with van der Waals surface area (Å²) in [6, 6.07) is 29.7. The summed E-state index contributed by atoms with van der Waals surface area (Å²) in [5.74, 6) is -0.935. The minimum Gasteiger partial charge on any atom is -0.447 e. The van der Waals surface area contributed by atoms with Crippen molar-refractivity contribution in [2.75, 3.05) is 11.4 Å². The molecule has 0 aliphatic heterocycles. The van der Waals surface area contributed by atoms with Gasteiger partial charge in [0.1, 0.15) is 0 Å². The fourth-order valence-corrected chi connectivity index (χ4v) is 3.54. The molecule has 0 N–H and O–H groups in total.